The highest BCUT2D eigenvalue weighted by Gasteiger charge is 2.01. The third-order valence-electron chi connectivity index (χ3n) is 1.48. The van der Waals surface area contributed by atoms with Gasteiger partial charge in [-0.2, -0.15) is 0 Å². The van der Waals surface area contributed by atoms with E-state index in [9.17, 15) is 0 Å². The first kappa shape index (κ1) is 10.5. The summed E-state index contributed by atoms with van der Waals surface area (Å²) in [5.41, 5.74) is 0. The zero-order valence-corrected chi connectivity index (χ0v) is 9.22. The van der Waals surface area contributed by atoms with Gasteiger partial charge in [0, 0.05) is 18.4 Å². The van der Waals surface area contributed by atoms with Gasteiger partial charge in [0.1, 0.15) is 0 Å². The van der Waals surface area contributed by atoms with Crippen LogP contribution in [0, 0.1) is 0 Å². The molecule has 0 fully saturated rings. The van der Waals surface area contributed by atoms with Crippen LogP contribution in [0.25, 0.3) is 0 Å². The van der Waals surface area contributed by atoms with Crippen molar-refractivity contribution in [3.8, 4) is 0 Å². The van der Waals surface area contributed by atoms with E-state index < -0.39 is 0 Å². The Kier molecular flexibility index (Phi) is 6.54. The molecule has 0 aliphatic carbocycles. The highest BCUT2D eigenvalue weighted by molar-refractivity contribution is 9.09. The van der Waals surface area contributed by atoms with Gasteiger partial charge in [-0.05, 0) is 19.0 Å². The lowest BCUT2D eigenvalue weighted by atomic mass is 10.4. The molecule has 1 rings (SSSR count). The van der Waals surface area contributed by atoms with Gasteiger partial charge < -0.3 is 4.90 Å². The maximum absolute atomic E-state index is 3.41. The molecular formula is C7H13Br2N. The summed E-state index contributed by atoms with van der Waals surface area (Å²) in [6.45, 7) is 2.44. The van der Waals surface area contributed by atoms with Gasteiger partial charge in [0.15, 0.2) is 0 Å². The Hall–Kier alpha value is 0.500. The molecule has 0 saturated heterocycles. The highest BCUT2D eigenvalue weighted by atomic mass is 79.9. The van der Waals surface area contributed by atoms with Crippen LogP contribution in [0.15, 0.2) is 12.3 Å². The Balaban J connectivity index is 0.000000810. The van der Waals surface area contributed by atoms with Crippen LogP contribution in [0.2, 0.25) is 0 Å². The zero-order valence-electron chi connectivity index (χ0n) is 5.92. The largest absolute Gasteiger partial charge is 0.377 e. The Morgan fingerprint density at radius 3 is 2.80 bits per heavy atom. The SMILES string of the molecule is Br.BrCCCN1C=CCC1. The molecule has 1 aliphatic rings. The second kappa shape index (κ2) is 6.23. The van der Waals surface area contributed by atoms with Crippen molar-refractivity contribution < 1.29 is 0 Å². The molecule has 0 aromatic carbocycles. The molecule has 0 saturated carbocycles. The third-order valence-corrected chi connectivity index (χ3v) is 2.04. The van der Waals surface area contributed by atoms with Gasteiger partial charge in [-0.15, -0.1) is 17.0 Å². The maximum Gasteiger partial charge on any atom is 0.0207 e. The Morgan fingerprint density at radius 1 is 1.50 bits per heavy atom. The average molecular weight is 271 g/mol. The summed E-state index contributed by atoms with van der Waals surface area (Å²) in [4.78, 5) is 2.36. The lowest BCUT2D eigenvalue weighted by Crippen LogP contribution is -2.15. The molecule has 0 amide bonds. The Labute approximate surface area is 81.4 Å². The summed E-state index contributed by atoms with van der Waals surface area (Å²) in [6.07, 6.45) is 6.92. The van der Waals surface area contributed by atoms with Crippen molar-refractivity contribution in [2.45, 2.75) is 12.8 Å². The summed E-state index contributed by atoms with van der Waals surface area (Å²) < 4.78 is 0. The molecule has 0 aromatic rings. The van der Waals surface area contributed by atoms with E-state index in [-0.39, 0.29) is 17.0 Å². The van der Waals surface area contributed by atoms with E-state index in [1.807, 2.05) is 0 Å². The van der Waals surface area contributed by atoms with Crippen molar-refractivity contribution in [3.05, 3.63) is 12.3 Å². The second-order valence-corrected chi connectivity index (χ2v) is 3.04. The van der Waals surface area contributed by atoms with Crippen LogP contribution in [-0.4, -0.2) is 23.3 Å². The lowest BCUT2D eigenvalue weighted by molar-refractivity contribution is 0.408. The number of rotatable bonds is 3. The fourth-order valence-corrected chi connectivity index (χ4v) is 1.24. The van der Waals surface area contributed by atoms with Crippen LogP contribution in [0.3, 0.4) is 0 Å². The van der Waals surface area contributed by atoms with Crippen LogP contribution in [0.5, 0.6) is 0 Å². The normalized spacial score (nSPS) is 15.5. The van der Waals surface area contributed by atoms with Crippen LogP contribution < -0.4 is 0 Å². The molecule has 0 spiro atoms. The molecule has 1 nitrogen and oxygen atoms in total. The van der Waals surface area contributed by atoms with E-state index >= 15 is 0 Å². The average Bonchev–Trinajstić information content (AvgIpc) is 2.34. The summed E-state index contributed by atoms with van der Waals surface area (Å²) in [7, 11) is 0. The fraction of sp³-hybridized carbons (Fsp3) is 0.714. The Morgan fingerprint density at radius 2 is 2.30 bits per heavy atom. The molecule has 60 valence electrons. The summed E-state index contributed by atoms with van der Waals surface area (Å²) >= 11 is 3.41. The van der Waals surface area contributed by atoms with E-state index in [2.05, 4.69) is 33.1 Å². The predicted molar refractivity (Wildman–Crippen MR) is 54.1 cm³/mol. The number of alkyl halides is 1. The number of hydrogen-bond acceptors (Lipinski definition) is 1. The standard InChI is InChI=1S/C7H12BrN.BrH/c8-4-3-7-9-5-1-2-6-9;/h1,5H,2-4,6-7H2;1H. The number of nitrogens with zero attached hydrogens (tertiary/aromatic N) is 1. The minimum absolute atomic E-state index is 0. The summed E-state index contributed by atoms with van der Waals surface area (Å²) in [6, 6.07) is 0. The first-order valence-corrected chi connectivity index (χ1v) is 4.52. The van der Waals surface area contributed by atoms with Crippen molar-refractivity contribution >= 4 is 32.9 Å². The van der Waals surface area contributed by atoms with Crippen LogP contribution >= 0.6 is 32.9 Å². The molecule has 0 atom stereocenters. The van der Waals surface area contributed by atoms with Crippen molar-refractivity contribution in [2.24, 2.45) is 0 Å². The quantitative estimate of drug-likeness (QED) is 0.713. The molecule has 1 aliphatic heterocycles. The number of hydrogen-bond donors (Lipinski definition) is 0. The van der Waals surface area contributed by atoms with Crippen molar-refractivity contribution in [1.29, 1.82) is 0 Å². The first-order valence-electron chi connectivity index (χ1n) is 3.40. The zero-order chi connectivity index (χ0) is 6.53. The predicted octanol–water partition coefficient (Wildman–Crippen LogP) is 2.57. The molecule has 3 heteroatoms. The molecule has 10 heavy (non-hydrogen) atoms. The second-order valence-electron chi connectivity index (χ2n) is 2.25. The van der Waals surface area contributed by atoms with Crippen LogP contribution in [0.1, 0.15) is 12.8 Å². The fourth-order valence-electron chi connectivity index (χ4n) is 0.988. The molecule has 0 aromatic heterocycles. The van der Waals surface area contributed by atoms with Crippen molar-refractivity contribution in [2.75, 3.05) is 18.4 Å². The van der Waals surface area contributed by atoms with E-state index in [1.165, 1.54) is 25.9 Å². The highest BCUT2D eigenvalue weighted by Crippen LogP contribution is 2.04. The van der Waals surface area contributed by atoms with Crippen molar-refractivity contribution in [3.63, 3.8) is 0 Å². The van der Waals surface area contributed by atoms with Gasteiger partial charge in [-0.25, -0.2) is 0 Å². The van der Waals surface area contributed by atoms with Gasteiger partial charge in [0.05, 0.1) is 0 Å². The molecular weight excluding hydrogens is 258 g/mol. The molecule has 0 radical (unpaired) electrons. The number of halogens is 2. The molecule has 1 heterocycles. The van der Waals surface area contributed by atoms with Gasteiger partial charge in [-0.3, -0.25) is 0 Å². The van der Waals surface area contributed by atoms with Gasteiger partial charge in [-0.1, -0.05) is 22.0 Å². The van der Waals surface area contributed by atoms with Gasteiger partial charge in [0.25, 0.3) is 0 Å². The molecule has 0 bridgehead atoms. The third kappa shape index (κ3) is 3.62. The van der Waals surface area contributed by atoms with E-state index in [0.29, 0.717) is 0 Å². The molecule has 0 unspecified atom stereocenters. The van der Waals surface area contributed by atoms with Crippen LogP contribution in [0.4, 0.5) is 0 Å². The van der Waals surface area contributed by atoms with Gasteiger partial charge >= 0.3 is 0 Å². The smallest absolute Gasteiger partial charge is 0.0207 e. The lowest BCUT2D eigenvalue weighted by Gasteiger charge is -2.13. The minimum Gasteiger partial charge on any atom is -0.377 e. The van der Waals surface area contributed by atoms with Crippen LogP contribution in [-0.2, 0) is 0 Å². The van der Waals surface area contributed by atoms with E-state index in [0.717, 1.165) is 5.33 Å². The minimum atomic E-state index is 0. The summed E-state index contributed by atoms with van der Waals surface area (Å²) in [5, 5.41) is 1.12. The maximum atomic E-state index is 3.41. The van der Waals surface area contributed by atoms with Gasteiger partial charge in [0.2, 0.25) is 0 Å². The first-order chi connectivity index (χ1) is 4.43. The Bertz CT molecular complexity index is 104. The molecule has 0 N–H and O–H groups in total. The topological polar surface area (TPSA) is 3.24 Å². The van der Waals surface area contributed by atoms with Crippen molar-refractivity contribution in [1.82, 2.24) is 4.90 Å². The van der Waals surface area contributed by atoms with E-state index in [1.54, 1.807) is 0 Å². The van der Waals surface area contributed by atoms with E-state index in [4.69, 9.17) is 0 Å². The summed E-state index contributed by atoms with van der Waals surface area (Å²) in [5.74, 6) is 0. The monoisotopic (exact) mass is 269 g/mol.